The zero-order chi connectivity index (χ0) is 13.0. The first-order valence-electron chi connectivity index (χ1n) is 5.13. The largest absolute Gasteiger partial charge is 0.249 e. The summed E-state index contributed by atoms with van der Waals surface area (Å²) in [7, 11) is 0. The van der Waals surface area contributed by atoms with E-state index in [0.717, 1.165) is 0 Å². The summed E-state index contributed by atoms with van der Waals surface area (Å²) in [6.07, 6.45) is 1.60. The van der Waals surface area contributed by atoms with Crippen molar-refractivity contribution in [2.75, 3.05) is 0 Å². The van der Waals surface area contributed by atoms with Gasteiger partial charge in [-0.25, -0.2) is 9.37 Å². The van der Waals surface area contributed by atoms with Crippen LogP contribution >= 0.6 is 23.4 Å². The Morgan fingerprint density at radius 1 is 1.33 bits per heavy atom. The van der Waals surface area contributed by atoms with Gasteiger partial charge in [0.2, 0.25) is 0 Å². The van der Waals surface area contributed by atoms with Crippen LogP contribution in [0.25, 0.3) is 0 Å². The number of pyridine rings is 1. The van der Waals surface area contributed by atoms with E-state index < -0.39 is 0 Å². The van der Waals surface area contributed by atoms with Crippen molar-refractivity contribution >= 4 is 23.4 Å². The lowest BCUT2D eigenvalue weighted by molar-refractivity contribution is 0.617. The molecule has 0 aliphatic rings. The van der Waals surface area contributed by atoms with Gasteiger partial charge in [0.15, 0.2) is 0 Å². The summed E-state index contributed by atoms with van der Waals surface area (Å²) in [6.45, 7) is 0. The van der Waals surface area contributed by atoms with Gasteiger partial charge in [0.1, 0.15) is 16.9 Å². The number of thioether (sulfide) groups is 1. The summed E-state index contributed by atoms with van der Waals surface area (Å²) in [4.78, 5) is 4.10. The zero-order valence-corrected chi connectivity index (χ0v) is 10.8. The average Bonchev–Trinajstić information content (AvgIpc) is 2.38. The number of rotatable bonds is 3. The Morgan fingerprint density at radius 2 is 2.17 bits per heavy atom. The van der Waals surface area contributed by atoms with Crippen molar-refractivity contribution in [3.8, 4) is 6.07 Å². The van der Waals surface area contributed by atoms with E-state index >= 15 is 0 Å². The molecule has 0 saturated heterocycles. The van der Waals surface area contributed by atoms with E-state index in [9.17, 15) is 4.39 Å². The lowest BCUT2D eigenvalue weighted by Crippen LogP contribution is -1.91. The molecule has 0 spiro atoms. The summed E-state index contributed by atoms with van der Waals surface area (Å²) < 4.78 is 13.6. The molecule has 5 heteroatoms. The third-order valence-corrected chi connectivity index (χ3v) is 3.69. The minimum absolute atomic E-state index is 0.343. The topological polar surface area (TPSA) is 36.7 Å². The molecule has 0 N–H and O–H groups in total. The first-order valence-corrected chi connectivity index (χ1v) is 6.49. The molecule has 0 aliphatic heterocycles. The molecule has 0 fully saturated rings. The first kappa shape index (κ1) is 12.9. The number of nitrogens with zero attached hydrogens (tertiary/aromatic N) is 2. The molecular weight excluding hydrogens is 271 g/mol. The quantitative estimate of drug-likeness (QED) is 0.795. The molecule has 1 heterocycles. The van der Waals surface area contributed by atoms with Gasteiger partial charge >= 0.3 is 0 Å². The Labute approximate surface area is 113 Å². The van der Waals surface area contributed by atoms with Gasteiger partial charge in [0.25, 0.3) is 0 Å². The lowest BCUT2D eigenvalue weighted by Gasteiger charge is -2.05. The van der Waals surface area contributed by atoms with Crippen LogP contribution < -0.4 is 0 Å². The molecule has 18 heavy (non-hydrogen) atoms. The second kappa shape index (κ2) is 5.85. The van der Waals surface area contributed by atoms with Crippen molar-refractivity contribution < 1.29 is 4.39 Å². The molecule has 90 valence electrons. The Balaban J connectivity index is 2.20. The molecule has 1 aromatic carbocycles. The highest BCUT2D eigenvalue weighted by Gasteiger charge is 2.09. The van der Waals surface area contributed by atoms with Crippen molar-refractivity contribution in [1.29, 1.82) is 5.26 Å². The van der Waals surface area contributed by atoms with Crippen LogP contribution in [-0.4, -0.2) is 4.98 Å². The molecule has 0 bridgehead atoms. The van der Waals surface area contributed by atoms with E-state index in [4.69, 9.17) is 16.9 Å². The van der Waals surface area contributed by atoms with Crippen LogP contribution in [0.1, 0.15) is 11.1 Å². The monoisotopic (exact) mass is 278 g/mol. The fourth-order valence-corrected chi connectivity index (χ4v) is 2.69. The number of aromatic nitrogens is 1. The molecule has 0 unspecified atom stereocenters. The molecule has 0 atom stereocenters. The highest BCUT2D eigenvalue weighted by molar-refractivity contribution is 7.98. The Hall–Kier alpha value is -1.57. The SMILES string of the molecule is N#Cc1cccnc1SCc1c(F)cccc1Cl. The Morgan fingerprint density at radius 3 is 2.89 bits per heavy atom. The number of benzene rings is 1. The molecule has 0 aliphatic carbocycles. The minimum Gasteiger partial charge on any atom is -0.249 e. The second-order valence-corrected chi connectivity index (χ2v) is 4.83. The molecular formula is C13H8ClFN2S. The summed E-state index contributed by atoms with van der Waals surface area (Å²) >= 11 is 7.23. The summed E-state index contributed by atoms with van der Waals surface area (Å²) in [5.41, 5.74) is 0.911. The van der Waals surface area contributed by atoms with Crippen LogP contribution in [-0.2, 0) is 5.75 Å². The smallest absolute Gasteiger partial charge is 0.128 e. The fraction of sp³-hybridized carbons (Fsp3) is 0.0769. The van der Waals surface area contributed by atoms with Gasteiger partial charge in [-0.15, -0.1) is 11.8 Å². The third-order valence-electron chi connectivity index (χ3n) is 2.31. The molecule has 2 aromatic rings. The zero-order valence-electron chi connectivity index (χ0n) is 9.23. The highest BCUT2D eigenvalue weighted by atomic mass is 35.5. The first-order chi connectivity index (χ1) is 8.72. The van der Waals surface area contributed by atoms with E-state index in [2.05, 4.69) is 11.1 Å². The third kappa shape index (κ3) is 2.81. The lowest BCUT2D eigenvalue weighted by atomic mass is 10.2. The van der Waals surface area contributed by atoms with Crippen LogP contribution in [0.4, 0.5) is 4.39 Å². The van der Waals surface area contributed by atoms with Gasteiger partial charge < -0.3 is 0 Å². The van der Waals surface area contributed by atoms with E-state index in [0.29, 0.717) is 26.9 Å². The Kier molecular flexibility index (Phi) is 4.19. The molecule has 2 rings (SSSR count). The number of hydrogen-bond acceptors (Lipinski definition) is 3. The van der Waals surface area contributed by atoms with E-state index in [1.54, 1.807) is 30.5 Å². The molecule has 0 radical (unpaired) electrons. The number of nitriles is 1. The number of hydrogen-bond donors (Lipinski definition) is 0. The van der Waals surface area contributed by atoms with Crippen molar-refractivity contribution in [2.24, 2.45) is 0 Å². The van der Waals surface area contributed by atoms with Crippen molar-refractivity contribution in [3.05, 3.63) is 58.5 Å². The summed E-state index contributed by atoms with van der Waals surface area (Å²) in [5.74, 6) is 0.00133. The fourth-order valence-electron chi connectivity index (χ4n) is 1.40. The number of halogens is 2. The van der Waals surface area contributed by atoms with Gasteiger partial charge in [0, 0.05) is 22.5 Å². The van der Waals surface area contributed by atoms with Crippen molar-refractivity contribution in [2.45, 2.75) is 10.8 Å². The molecule has 0 amide bonds. The maximum absolute atomic E-state index is 13.6. The standard InChI is InChI=1S/C13H8ClFN2S/c14-11-4-1-5-12(15)10(11)8-18-13-9(7-16)3-2-6-17-13/h1-6H,8H2. The van der Waals surface area contributed by atoms with Crippen LogP contribution in [0.3, 0.4) is 0 Å². The van der Waals surface area contributed by atoms with Crippen LogP contribution in [0, 0.1) is 17.1 Å². The molecule has 1 aromatic heterocycles. The van der Waals surface area contributed by atoms with Crippen LogP contribution in [0.2, 0.25) is 5.02 Å². The minimum atomic E-state index is -0.343. The van der Waals surface area contributed by atoms with E-state index in [-0.39, 0.29) is 5.82 Å². The van der Waals surface area contributed by atoms with Gasteiger partial charge in [0.05, 0.1) is 5.56 Å². The van der Waals surface area contributed by atoms with Crippen LogP contribution in [0.5, 0.6) is 0 Å². The van der Waals surface area contributed by atoms with Gasteiger partial charge in [-0.1, -0.05) is 17.7 Å². The normalized spacial score (nSPS) is 10.1. The van der Waals surface area contributed by atoms with Gasteiger partial charge in [-0.3, -0.25) is 0 Å². The van der Waals surface area contributed by atoms with Gasteiger partial charge in [-0.2, -0.15) is 5.26 Å². The van der Waals surface area contributed by atoms with Crippen molar-refractivity contribution in [3.63, 3.8) is 0 Å². The molecule has 2 nitrogen and oxygen atoms in total. The van der Waals surface area contributed by atoms with Crippen molar-refractivity contribution in [1.82, 2.24) is 4.98 Å². The summed E-state index contributed by atoms with van der Waals surface area (Å²) in [6, 6.07) is 10.00. The second-order valence-electron chi connectivity index (χ2n) is 3.46. The summed E-state index contributed by atoms with van der Waals surface area (Å²) in [5, 5.41) is 9.89. The predicted molar refractivity (Wildman–Crippen MR) is 69.9 cm³/mol. The molecule has 0 saturated carbocycles. The maximum Gasteiger partial charge on any atom is 0.128 e. The van der Waals surface area contributed by atoms with E-state index in [1.807, 2.05) is 0 Å². The highest BCUT2D eigenvalue weighted by Crippen LogP contribution is 2.28. The Bertz CT molecular complexity index is 590. The van der Waals surface area contributed by atoms with Crippen LogP contribution in [0.15, 0.2) is 41.6 Å². The van der Waals surface area contributed by atoms with E-state index in [1.165, 1.54) is 17.8 Å². The predicted octanol–water partition coefficient (Wildman–Crippen LogP) is 4.04. The van der Waals surface area contributed by atoms with Gasteiger partial charge in [-0.05, 0) is 24.3 Å². The maximum atomic E-state index is 13.6. The average molecular weight is 279 g/mol.